The number of fused-ring (bicyclic) bond motifs is 2. The van der Waals surface area contributed by atoms with Gasteiger partial charge in [-0.1, -0.05) is 60.7 Å². The maximum atomic E-state index is 13.3. The molecule has 1 amide bonds. The Kier molecular flexibility index (Phi) is 5.67. The summed E-state index contributed by atoms with van der Waals surface area (Å²) in [5.74, 6) is -1.49. The number of aliphatic hydroxyl groups is 1. The van der Waals surface area contributed by atoms with E-state index in [1.165, 1.54) is 4.90 Å². The molecule has 1 unspecified atom stereocenters. The molecule has 6 nitrogen and oxygen atoms in total. The summed E-state index contributed by atoms with van der Waals surface area (Å²) in [6.45, 7) is 4.37. The van der Waals surface area contributed by atoms with Crippen LogP contribution < -0.4 is 0 Å². The molecule has 5 rings (SSSR count). The third kappa shape index (κ3) is 3.66. The average Bonchev–Trinajstić information content (AvgIpc) is 3.37. The summed E-state index contributed by atoms with van der Waals surface area (Å²) in [7, 11) is 0. The molecule has 0 spiro atoms. The van der Waals surface area contributed by atoms with Gasteiger partial charge in [-0.15, -0.1) is 0 Å². The number of nitrogens with one attached hydrogen (secondary N) is 1. The Morgan fingerprint density at radius 2 is 1.71 bits per heavy atom. The molecule has 3 aromatic carbocycles. The molecule has 0 radical (unpaired) electrons. The molecule has 172 valence electrons. The number of hydrogen-bond acceptors (Lipinski definition) is 4. The zero-order valence-corrected chi connectivity index (χ0v) is 19.1. The molecule has 1 atom stereocenters. The summed E-state index contributed by atoms with van der Waals surface area (Å²) in [6.07, 6.45) is 1.81. The minimum Gasteiger partial charge on any atom is -0.507 e. The number of ether oxygens (including phenoxy) is 1. The van der Waals surface area contributed by atoms with Crippen molar-refractivity contribution in [2.45, 2.75) is 26.0 Å². The molecule has 4 aromatic rings. The second-order valence-corrected chi connectivity index (χ2v) is 8.73. The maximum Gasteiger partial charge on any atom is 0.295 e. The number of carbonyl (C=O) groups excluding carboxylic acids is 2. The summed E-state index contributed by atoms with van der Waals surface area (Å²) < 4.78 is 5.69. The topological polar surface area (TPSA) is 82.6 Å². The Morgan fingerprint density at radius 3 is 2.50 bits per heavy atom. The fourth-order valence-electron chi connectivity index (χ4n) is 4.72. The highest BCUT2D eigenvalue weighted by Crippen LogP contribution is 2.42. The summed E-state index contributed by atoms with van der Waals surface area (Å²) >= 11 is 0. The second kappa shape index (κ2) is 8.80. The van der Waals surface area contributed by atoms with Crippen molar-refractivity contribution in [1.29, 1.82) is 0 Å². The third-order valence-corrected chi connectivity index (χ3v) is 6.28. The molecule has 0 saturated carbocycles. The summed E-state index contributed by atoms with van der Waals surface area (Å²) in [4.78, 5) is 31.3. The van der Waals surface area contributed by atoms with E-state index in [0.29, 0.717) is 5.56 Å². The molecule has 1 aliphatic rings. The quantitative estimate of drug-likeness (QED) is 0.239. The van der Waals surface area contributed by atoms with Crippen LogP contribution in [0, 0.1) is 0 Å². The fraction of sp³-hybridized carbons (Fsp3) is 0.214. The van der Waals surface area contributed by atoms with Gasteiger partial charge in [0, 0.05) is 34.8 Å². The van der Waals surface area contributed by atoms with E-state index in [-0.39, 0.29) is 30.6 Å². The number of carbonyl (C=O) groups is 2. The first kappa shape index (κ1) is 21.9. The van der Waals surface area contributed by atoms with E-state index in [4.69, 9.17) is 4.74 Å². The first-order chi connectivity index (χ1) is 16.5. The van der Waals surface area contributed by atoms with Crippen molar-refractivity contribution in [2.75, 3.05) is 13.2 Å². The lowest BCUT2D eigenvalue weighted by Gasteiger charge is -2.25. The Balaban J connectivity index is 1.70. The number of nitrogens with zero attached hydrogens (tertiary/aromatic N) is 1. The Morgan fingerprint density at radius 1 is 1.00 bits per heavy atom. The van der Waals surface area contributed by atoms with Gasteiger partial charge >= 0.3 is 0 Å². The van der Waals surface area contributed by atoms with Crippen LogP contribution in [-0.4, -0.2) is 45.9 Å². The molecule has 2 heterocycles. The normalized spacial score (nSPS) is 18.0. The van der Waals surface area contributed by atoms with E-state index in [9.17, 15) is 14.7 Å². The van der Waals surface area contributed by atoms with E-state index >= 15 is 0 Å². The molecule has 0 bridgehead atoms. The first-order valence-corrected chi connectivity index (χ1v) is 11.4. The molecular weight excluding hydrogens is 428 g/mol. The molecule has 2 N–H and O–H groups in total. The van der Waals surface area contributed by atoms with Crippen molar-refractivity contribution in [3.8, 4) is 0 Å². The summed E-state index contributed by atoms with van der Waals surface area (Å²) in [5.41, 5.74) is 2.28. The van der Waals surface area contributed by atoms with Crippen LogP contribution in [0.15, 0.2) is 78.5 Å². The Bertz CT molecular complexity index is 1430. The van der Waals surface area contributed by atoms with Gasteiger partial charge in [0.15, 0.2) is 0 Å². The predicted octanol–water partition coefficient (Wildman–Crippen LogP) is 5.17. The number of benzene rings is 3. The van der Waals surface area contributed by atoms with Gasteiger partial charge in [-0.2, -0.15) is 0 Å². The maximum absolute atomic E-state index is 13.3. The number of amides is 1. The van der Waals surface area contributed by atoms with E-state index in [1.807, 2.05) is 80.7 Å². The summed E-state index contributed by atoms with van der Waals surface area (Å²) in [5, 5.41) is 14.2. The lowest BCUT2D eigenvalue weighted by Crippen LogP contribution is -2.33. The van der Waals surface area contributed by atoms with Crippen LogP contribution in [0.1, 0.15) is 31.0 Å². The zero-order chi connectivity index (χ0) is 23.8. The van der Waals surface area contributed by atoms with Gasteiger partial charge in [0.25, 0.3) is 11.7 Å². The SMILES string of the molecule is CC(C)OCCN1C(=O)C(=O)/C(=C(/O)c2cccc3ccccc23)C1c1c[nH]c2ccccc12. The van der Waals surface area contributed by atoms with E-state index < -0.39 is 17.7 Å². The van der Waals surface area contributed by atoms with Gasteiger partial charge in [0.2, 0.25) is 0 Å². The van der Waals surface area contributed by atoms with E-state index in [1.54, 1.807) is 6.07 Å². The number of ketones is 1. The molecular formula is C28H26N2O4. The number of aromatic amines is 1. The Hall–Kier alpha value is -3.90. The standard InChI is InChI=1S/C28H26N2O4/c1-17(2)34-15-14-30-25(22-16-29-23-13-6-5-11-20(22)23)24(27(32)28(30)33)26(31)21-12-7-9-18-8-3-4-10-19(18)21/h3-13,16-17,25,29,31H,14-15H2,1-2H3/b26-24+. The van der Waals surface area contributed by atoms with Gasteiger partial charge in [-0.3, -0.25) is 9.59 Å². The van der Waals surface area contributed by atoms with Crippen molar-refractivity contribution in [2.24, 2.45) is 0 Å². The number of likely N-dealkylation sites (tertiary alicyclic amines) is 1. The Labute approximate surface area is 197 Å². The monoisotopic (exact) mass is 454 g/mol. The number of rotatable bonds is 6. The van der Waals surface area contributed by atoms with Crippen LogP contribution >= 0.6 is 0 Å². The van der Waals surface area contributed by atoms with Crippen LogP contribution in [0.4, 0.5) is 0 Å². The van der Waals surface area contributed by atoms with Crippen molar-refractivity contribution < 1.29 is 19.4 Å². The largest absolute Gasteiger partial charge is 0.507 e. The smallest absolute Gasteiger partial charge is 0.295 e. The number of para-hydroxylation sites is 1. The zero-order valence-electron chi connectivity index (χ0n) is 19.1. The molecule has 6 heteroatoms. The van der Waals surface area contributed by atoms with Crippen molar-refractivity contribution in [1.82, 2.24) is 9.88 Å². The van der Waals surface area contributed by atoms with Gasteiger partial charge in [0.1, 0.15) is 5.76 Å². The van der Waals surface area contributed by atoms with Gasteiger partial charge in [0.05, 0.1) is 24.3 Å². The predicted molar refractivity (Wildman–Crippen MR) is 132 cm³/mol. The molecule has 34 heavy (non-hydrogen) atoms. The van der Waals surface area contributed by atoms with Crippen molar-refractivity contribution in [3.05, 3.63) is 89.6 Å². The van der Waals surface area contributed by atoms with Crippen LogP contribution in [0.2, 0.25) is 0 Å². The lowest BCUT2D eigenvalue weighted by atomic mass is 9.93. The van der Waals surface area contributed by atoms with Crippen molar-refractivity contribution in [3.63, 3.8) is 0 Å². The minimum atomic E-state index is -0.731. The van der Waals surface area contributed by atoms with E-state index in [2.05, 4.69) is 4.98 Å². The summed E-state index contributed by atoms with van der Waals surface area (Å²) in [6, 6.07) is 20.2. The van der Waals surface area contributed by atoms with Crippen LogP contribution in [-0.2, 0) is 14.3 Å². The highest BCUT2D eigenvalue weighted by atomic mass is 16.5. The number of hydrogen-bond donors (Lipinski definition) is 2. The number of aliphatic hydroxyl groups excluding tert-OH is 1. The van der Waals surface area contributed by atoms with E-state index in [0.717, 1.165) is 27.2 Å². The number of aromatic nitrogens is 1. The van der Waals surface area contributed by atoms with Crippen LogP contribution in [0.5, 0.6) is 0 Å². The fourth-order valence-corrected chi connectivity index (χ4v) is 4.72. The molecule has 1 aliphatic heterocycles. The highest BCUT2D eigenvalue weighted by Gasteiger charge is 2.46. The lowest BCUT2D eigenvalue weighted by molar-refractivity contribution is -0.140. The second-order valence-electron chi connectivity index (χ2n) is 8.73. The first-order valence-electron chi connectivity index (χ1n) is 11.4. The van der Waals surface area contributed by atoms with Gasteiger partial charge in [-0.05, 0) is 30.7 Å². The van der Waals surface area contributed by atoms with Crippen LogP contribution in [0.25, 0.3) is 27.4 Å². The molecule has 1 saturated heterocycles. The minimum absolute atomic E-state index is 0.000885. The van der Waals surface area contributed by atoms with Crippen molar-refractivity contribution >= 4 is 39.1 Å². The number of H-pyrrole nitrogens is 1. The number of Topliss-reactive ketones (excluding diaryl/α,β-unsaturated/α-hetero) is 1. The highest BCUT2D eigenvalue weighted by molar-refractivity contribution is 6.46. The van der Waals surface area contributed by atoms with Gasteiger partial charge < -0.3 is 19.7 Å². The third-order valence-electron chi connectivity index (χ3n) is 6.28. The van der Waals surface area contributed by atoms with Gasteiger partial charge in [-0.25, -0.2) is 0 Å². The molecule has 0 aliphatic carbocycles. The average molecular weight is 455 g/mol. The molecule has 1 aromatic heterocycles. The van der Waals surface area contributed by atoms with Crippen LogP contribution in [0.3, 0.4) is 0 Å². The molecule has 1 fully saturated rings.